The molecule has 1 aromatic rings. The minimum atomic E-state index is -0.658. The van der Waals surface area contributed by atoms with Gasteiger partial charge in [0.25, 0.3) is 5.91 Å². The predicted molar refractivity (Wildman–Crippen MR) is 73.0 cm³/mol. The van der Waals surface area contributed by atoms with Crippen LogP contribution in [-0.4, -0.2) is 40.3 Å². The van der Waals surface area contributed by atoms with Crippen molar-refractivity contribution < 1.29 is 14.4 Å². The van der Waals surface area contributed by atoms with Gasteiger partial charge in [-0.25, -0.2) is 14.8 Å². The number of imide groups is 1. The fraction of sp³-hybridized carbons (Fsp3) is 0.250. The van der Waals surface area contributed by atoms with Gasteiger partial charge in [-0.15, -0.1) is 11.6 Å². The number of nitrogens with one attached hydrogen (secondary N) is 1. The van der Waals surface area contributed by atoms with Crippen LogP contribution in [0.1, 0.15) is 5.56 Å². The lowest BCUT2D eigenvalue weighted by atomic mass is 10.2. The van der Waals surface area contributed by atoms with Crippen molar-refractivity contribution in [2.24, 2.45) is 0 Å². The van der Waals surface area contributed by atoms with Crippen LogP contribution in [0.5, 0.6) is 0 Å². The van der Waals surface area contributed by atoms with Gasteiger partial charge >= 0.3 is 6.03 Å². The number of halogens is 2. The molecule has 1 N–H and O–H groups in total. The summed E-state index contributed by atoms with van der Waals surface area (Å²) in [6.45, 7) is -0.0935. The zero-order valence-corrected chi connectivity index (χ0v) is 11.8. The van der Waals surface area contributed by atoms with Gasteiger partial charge in [0.05, 0.1) is 6.54 Å². The summed E-state index contributed by atoms with van der Waals surface area (Å²) in [4.78, 5) is 34.9. The van der Waals surface area contributed by atoms with E-state index in [-0.39, 0.29) is 19.0 Å². The van der Waals surface area contributed by atoms with Crippen LogP contribution in [0.4, 0.5) is 4.79 Å². The molecule has 0 aliphatic carbocycles. The lowest BCUT2D eigenvalue weighted by Crippen LogP contribution is -2.62. The van der Waals surface area contributed by atoms with Gasteiger partial charge in [-0.3, -0.25) is 14.9 Å². The summed E-state index contributed by atoms with van der Waals surface area (Å²) in [6.07, 6.45) is 0. The number of urea groups is 1. The van der Waals surface area contributed by atoms with Gasteiger partial charge in [-0.2, -0.15) is 0 Å². The average Bonchev–Trinajstić information content (AvgIpc) is 2.42. The number of amides is 4. The van der Waals surface area contributed by atoms with Gasteiger partial charge in [-0.05, 0) is 17.7 Å². The maximum Gasteiger partial charge on any atom is 0.343 e. The second-order valence-corrected chi connectivity index (χ2v) is 4.83. The minimum absolute atomic E-state index is 0.138. The molecular weight excluding hydrogens is 305 g/mol. The van der Waals surface area contributed by atoms with E-state index in [0.717, 1.165) is 15.6 Å². The second kappa shape index (κ2) is 6.11. The Bertz CT molecular complexity index is 547. The molecule has 6 nitrogen and oxygen atoms in total. The third kappa shape index (κ3) is 3.20. The number of nitrogens with zero attached hydrogens (tertiary/aromatic N) is 2. The summed E-state index contributed by atoms with van der Waals surface area (Å²) in [5.74, 6) is -1.36. The maximum absolute atomic E-state index is 11.8. The molecule has 0 unspecified atom stereocenters. The number of benzene rings is 1. The van der Waals surface area contributed by atoms with Crippen molar-refractivity contribution >= 4 is 41.0 Å². The Morgan fingerprint density at radius 2 is 1.90 bits per heavy atom. The van der Waals surface area contributed by atoms with Gasteiger partial charge in [0.1, 0.15) is 12.4 Å². The molecule has 0 saturated carbocycles. The third-order valence-corrected chi connectivity index (χ3v) is 3.19. The summed E-state index contributed by atoms with van der Waals surface area (Å²) in [5, 5.41) is 4.92. The summed E-state index contributed by atoms with van der Waals surface area (Å²) in [7, 11) is 0. The van der Waals surface area contributed by atoms with Gasteiger partial charge in [0.15, 0.2) is 0 Å². The van der Waals surface area contributed by atoms with E-state index >= 15 is 0 Å². The molecule has 0 radical (unpaired) electrons. The summed E-state index contributed by atoms with van der Waals surface area (Å²) in [5.41, 5.74) is 0.770. The fourth-order valence-electron chi connectivity index (χ4n) is 1.77. The number of hydrogen-bond donors (Lipinski definition) is 1. The summed E-state index contributed by atoms with van der Waals surface area (Å²) >= 11 is 11.3. The molecule has 0 atom stereocenters. The van der Waals surface area contributed by atoms with Crippen LogP contribution in [0.2, 0.25) is 5.02 Å². The van der Waals surface area contributed by atoms with E-state index in [2.05, 4.69) is 5.32 Å². The molecule has 106 valence electrons. The average molecular weight is 316 g/mol. The first kappa shape index (κ1) is 14.6. The highest BCUT2D eigenvalue weighted by Gasteiger charge is 2.33. The van der Waals surface area contributed by atoms with Crippen molar-refractivity contribution in [1.82, 2.24) is 15.3 Å². The van der Waals surface area contributed by atoms with Crippen molar-refractivity contribution in [3.05, 3.63) is 34.9 Å². The summed E-state index contributed by atoms with van der Waals surface area (Å²) in [6, 6.07) is 6.16. The Morgan fingerprint density at radius 1 is 1.25 bits per heavy atom. The normalized spacial score (nSPS) is 15.3. The van der Waals surface area contributed by atoms with Gasteiger partial charge in [0.2, 0.25) is 5.91 Å². The molecule has 1 saturated heterocycles. The van der Waals surface area contributed by atoms with Gasteiger partial charge in [0, 0.05) is 5.02 Å². The van der Waals surface area contributed by atoms with E-state index in [9.17, 15) is 14.4 Å². The van der Waals surface area contributed by atoms with E-state index in [0.29, 0.717) is 5.02 Å². The maximum atomic E-state index is 11.8. The lowest BCUT2D eigenvalue weighted by Gasteiger charge is -2.37. The molecule has 1 fully saturated rings. The molecule has 1 aliphatic heterocycles. The highest BCUT2D eigenvalue weighted by atomic mass is 35.5. The lowest BCUT2D eigenvalue weighted by molar-refractivity contribution is -0.150. The first-order valence-corrected chi connectivity index (χ1v) is 6.64. The van der Waals surface area contributed by atoms with Crippen LogP contribution >= 0.6 is 23.2 Å². The van der Waals surface area contributed by atoms with Crippen LogP contribution < -0.4 is 5.32 Å². The molecule has 0 spiro atoms. The Labute approximate surface area is 125 Å². The van der Waals surface area contributed by atoms with Crippen LogP contribution in [0.25, 0.3) is 0 Å². The number of rotatable bonds is 3. The van der Waals surface area contributed by atoms with Crippen LogP contribution in [0.15, 0.2) is 24.3 Å². The molecule has 1 heterocycles. The van der Waals surface area contributed by atoms with Crippen molar-refractivity contribution in [3.63, 3.8) is 0 Å². The number of hydrogen-bond acceptors (Lipinski definition) is 3. The fourth-order valence-corrected chi connectivity index (χ4v) is 2.03. The highest BCUT2D eigenvalue weighted by molar-refractivity contribution is 6.30. The number of alkyl halides is 1. The molecule has 4 amide bonds. The number of carbonyl (C=O) groups is 3. The SMILES string of the molecule is O=C1CN(C(=O)CCl)N(Cc2ccc(Cl)cc2)C(=O)N1. The highest BCUT2D eigenvalue weighted by Crippen LogP contribution is 2.15. The molecule has 8 heteroatoms. The molecule has 20 heavy (non-hydrogen) atoms. The molecular formula is C12H11Cl2N3O3. The van der Waals surface area contributed by atoms with Crippen molar-refractivity contribution in [2.75, 3.05) is 12.4 Å². The molecule has 1 aromatic carbocycles. The Hall–Kier alpha value is -1.79. The molecule has 0 bridgehead atoms. The first-order chi connectivity index (χ1) is 9.51. The first-order valence-electron chi connectivity index (χ1n) is 5.73. The largest absolute Gasteiger partial charge is 0.343 e. The molecule has 1 aliphatic rings. The zero-order valence-electron chi connectivity index (χ0n) is 10.3. The quantitative estimate of drug-likeness (QED) is 0.857. The van der Waals surface area contributed by atoms with E-state index in [1.165, 1.54) is 0 Å². The summed E-state index contributed by atoms with van der Waals surface area (Å²) < 4.78 is 0. The van der Waals surface area contributed by atoms with Crippen LogP contribution in [-0.2, 0) is 16.1 Å². The molecule has 2 rings (SSSR count). The zero-order chi connectivity index (χ0) is 14.7. The van der Waals surface area contributed by atoms with E-state index in [4.69, 9.17) is 23.2 Å². The van der Waals surface area contributed by atoms with Gasteiger partial charge < -0.3 is 0 Å². The number of hydrazine groups is 1. The third-order valence-electron chi connectivity index (χ3n) is 2.71. The predicted octanol–water partition coefficient (Wildman–Crippen LogP) is 1.37. The molecule has 0 aromatic heterocycles. The van der Waals surface area contributed by atoms with E-state index < -0.39 is 17.8 Å². The van der Waals surface area contributed by atoms with E-state index in [1.54, 1.807) is 24.3 Å². The van der Waals surface area contributed by atoms with E-state index in [1.807, 2.05) is 0 Å². The Balaban J connectivity index is 2.20. The number of carbonyl (C=O) groups excluding carboxylic acids is 3. The topological polar surface area (TPSA) is 69.7 Å². The van der Waals surface area contributed by atoms with Crippen LogP contribution in [0, 0.1) is 0 Å². The van der Waals surface area contributed by atoms with Crippen LogP contribution in [0.3, 0.4) is 0 Å². The Morgan fingerprint density at radius 3 is 2.50 bits per heavy atom. The second-order valence-electron chi connectivity index (χ2n) is 4.12. The van der Waals surface area contributed by atoms with Crippen molar-refractivity contribution in [3.8, 4) is 0 Å². The smallest absolute Gasteiger partial charge is 0.275 e. The van der Waals surface area contributed by atoms with Crippen molar-refractivity contribution in [1.29, 1.82) is 0 Å². The van der Waals surface area contributed by atoms with Gasteiger partial charge in [-0.1, -0.05) is 23.7 Å². The minimum Gasteiger partial charge on any atom is -0.275 e. The van der Waals surface area contributed by atoms with Crippen molar-refractivity contribution in [2.45, 2.75) is 6.54 Å². The Kier molecular flexibility index (Phi) is 4.46. The standard InChI is InChI=1S/C12H11Cl2N3O3/c13-5-11(19)16-7-10(18)15-12(20)17(16)6-8-1-3-9(14)4-2-8/h1-4H,5-7H2,(H,15,18,20). The monoisotopic (exact) mass is 315 g/mol.